The van der Waals surface area contributed by atoms with Gasteiger partial charge in [-0.3, -0.25) is 10.1 Å². The Labute approximate surface area is 114 Å². The summed E-state index contributed by atoms with van der Waals surface area (Å²) in [7, 11) is -3.87. The van der Waals surface area contributed by atoms with Crippen LogP contribution in [0.4, 0.5) is 11.4 Å². The second-order valence-corrected chi connectivity index (χ2v) is 5.58. The molecule has 1 aromatic carbocycles. The molecule has 2 rings (SSSR count). The number of hydrogen-bond donors (Lipinski definition) is 3. The zero-order chi connectivity index (χ0) is 14.8. The second-order valence-electron chi connectivity index (χ2n) is 3.84. The van der Waals surface area contributed by atoms with Crippen LogP contribution >= 0.6 is 0 Å². The quantitative estimate of drug-likeness (QED) is 0.413. The molecule has 1 aromatic heterocycles. The van der Waals surface area contributed by atoms with Gasteiger partial charge in [0.25, 0.3) is 5.69 Å². The van der Waals surface area contributed by atoms with E-state index in [0.29, 0.717) is 5.82 Å². The number of nitro benzene ring substituents is 1. The fourth-order valence-corrected chi connectivity index (χ4v) is 2.63. The Morgan fingerprint density at radius 2 is 2.20 bits per heavy atom. The first-order valence-electron chi connectivity index (χ1n) is 5.42. The van der Waals surface area contributed by atoms with E-state index in [1.54, 1.807) is 6.20 Å². The summed E-state index contributed by atoms with van der Waals surface area (Å²) in [6, 6.07) is 3.18. The molecule has 1 heterocycles. The Balaban J connectivity index is 2.23. The minimum Gasteiger partial charge on any atom is -0.397 e. The van der Waals surface area contributed by atoms with E-state index in [4.69, 9.17) is 5.73 Å². The van der Waals surface area contributed by atoms with Crippen molar-refractivity contribution in [1.29, 1.82) is 0 Å². The number of hydrogen-bond acceptors (Lipinski definition) is 6. The van der Waals surface area contributed by atoms with Crippen LogP contribution in [0, 0.1) is 10.1 Å². The van der Waals surface area contributed by atoms with E-state index in [1.165, 1.54) is 6.20 Å². The number of anilines is 1. The lowest BCUT2D eigenvalue weighted by atomic mass is 10.3. The lowest BCUT2D eigenvalue weighted by Gasteiger charge is -2.07. The standard InChI is InChI=1S/C10H11N5O4S/c11-8-5-7(15(16)17)1-2-9(8)20(18,19)14-6-10-12-3-4-13-10/h1-5,14H,6,11H2,(H,12,13). The van der Waals surface area contributed by atoms with Crippen LogP contribution in [0.3, 0.4) is 0 Å². The summed E-state index contributed by atoms with van der Waals surface area (Å²) in [6.45, 7) is -0.0360. The van der Waals surface area contributed by atoms with Gasteiger partial charge in [-0.05, 0) is 6.07 Å². The molecule has 2 aromatic rings. The summed E-state index contributed by atoms with van der Waals surface area (Å²) >= 11 is 0. The van der Waals surface area contributed by atoms with Crippen LogP contribution < -0.4 is 10.5 Å². The Hall–Kier alpha value is -2.46. The van der Waals surface area contributed by atoms with E-state index in [0.717, 1.165) is 18.2 Å². The number of nitrogen functional groups attached to an aromatic ring is 1. The fourth-order valence-electron chi connectivity index (χ4n) is 1.53. The molecular weight excluding hydrogens is 286 g/mol. The molecular formula is C10H11N5O4S. The highest BCUT2D eigenvalue weighted by atomic mass is 32.2. The van der Waals surface area contributed by atoms with Gasteiger partial charge in [-0.1, -0.05) is 0 Å². The predicted molar refractivity (Wildman–Crippen MR) is 70.1 cm³/mol. The number of sulfonamides is 1. The number of nitrogens with one attached hydrogen (secondary N) is 2. The highest BCUT2D eigenvalue weighted by Gasteiger charge is 2.20. The molecule has 0 aliphatic carbocycles. The number of nitrogens with zero attached hydrogens (tertiary/aromatic N) is 2. The van der Waals surface area contributed by atoms with Gasteiger partial charge in [-0.15, -0.1) is 0 Å². The Morgan fingerprint density at radius 1 is 1.45 bits per heavy atom. The molecule has 0 aliphatic rings. The Morgan fingerprint density at radius 3 is 2.75 bits per heavy atom. The molecule has 0 saturated carbocycles. The molecule has 0 fully saturated rings. The maximum absolute atomic E-state index is 12.0. The molecule has 0 spiro atoms. The van der Waals surface area contributed by atoms with Crippen molar-refractivity contribution in [2.75, 3.05) is 5.73 Å². The minimum absolute atomic E-state index is 0.0360. The molecule has 0 unspecified atom stereocenters. The molecule has 10 heteroatoms. The van der Waals surface area contributed by atoms with Gasteiger partial charge in [0.2, 0.25) is 10.0 Å². The minimum atomic E-state index is -3.87. The number of rotatable bonds is 5. The van der Waals surface area contributed by atoms with Crippen LogP contribution in [-0.2, 0) is 16.6 Å². The first kappa shape index (κ1) is 14.0. The monoisotopic (exact) mass is 297 g/mol. The number of H-pyrrole nitrogens is 1. The van der Waals surface area contributed by atoms with Crippen LogP contribution in [0.2, 0.25) is 0 Å². The highest BCUT2D eigenvalue weighted by Crippen LogP contribution is 2.23. The summed E-state index contributed by atoms with van der Waals surface area (Å²) in [5.41, 5.74) is 5.09. The second kappa shape index (κ2) is 5.27. The van der Waals surface area contributed by atoms with E-state index in [2.05, 4.69) is 14.7 Å². The largest absolute Gasteiger partial charge is 0.397 e. The normalized spacial score (nSPS) is 11.4. The highest BCUT2D eigenvalue weighted by molar-refractivity contribution is 7.89. The SMILES string of the molecule is Nc1cc([N+](=O)[O-])ccc1S(=O)(=O)NCc1ncc[nH]1. The summed E-state index contributed by atoms with van der Waals surface area (Å²) < 4.78 is 26.3. The summed E-state index contributed by atoms with van der Waals surface area (Å²) in [5, 5.41) is 10.6. The van der Waals surface area contributed by atoms with Crippen LogP contribution in [0.5, 0.6) is 0 Å². The van der Waals surface area contributed by atoms with Gasteiger partial charge in [0.15, 0.2) is 0 Å². The van der Waals surface area contributed by atoms with E-state index in [-0.39, 0.29) is 22.8 Å². The Kier molecular flexibility index (Phi) is 3.68. The van der Waals surface area contributed by atoms with Crippen molar-refractivity contribution in [2.45, 2.75) is 11.4 Å². The third-order valence-corrected chi connectivity index (χ3v) is 3.95. The smallest absolute Gasteiger partial charge is 0.271 e. The van der Waals surface area contributed by atoms with Gasteiger partial charge in [-0.2, -0.15) is 0 Å². The molecule has 0 radical (unpaired) electrons. The first-order valence-corrected chi connectivity index (χ1v) is 6.90. The summed E-state index contributed by atoms with van der Waals surface area (Å²) in [5.74, 6) is 0.439. The van der Waals surface area contributed by atoms with Crippen molar-refractivity contribution in [3.63, 3.8) is 0 Å². The molecule has 20 heavy (non-hydrogen) atoms. The van der Waals surface area contributed by atoms with Gasteiger partial charge in [0.1, 0.15) is 10.7 Å². The number of non-ortho nitro benzene ring substituents is 1. The van der Waals surface area contributed by atoms with E-state index in [9.17, 15) is 18.5 Å². The van der Waals surface area contributed by atoms with Gasteiger partial charge in [-0.25, -0.2) is 18.1 Å². The van der Waals surface area contributed by atoms with E-state index < -0.39 is 14.9 Å². The van der Waals surface area contributed by atoms with Crippen molar-refractivity contribution in [1.82, 2.24) is 14.7 Å². The zero-order valence-corrected chi connectivity index (χ0v) is 10.9. The summed E-state index contributed by atoms with van der Waals surface area (Å²) in [4.78, 5) is 16.3. The molecule has 0 saturated heterocycles. The number of nitro groups is 1. The van der Waals surface area contributed by atoms with E-state index in [1.807, 2.05) is 0 Å². The van der Waals surface area contributed by atoms with E-state index >= 15 is 0 Å². The number of aromatic amines is 1. The number of imidazole rings is 1. The average Bonchev–Trinajstić information content (AvgIpc) is 2.89. The lowest BCUT2D eigenvalue weighted by molar-refractivity contribution is -0.384. The molecule has 0 atom stereocenters. The topological polar surface area (TPSA) is 144 Å². The summed E-state index contributed by atoms with van der Waals surface area (Å²) in [6.07, 6.45) is 3.05. The van der Waals surface area contributed by atoms with Crippen molar-refractivity contribution in [3.05, 3.63) is 46.5 Å². The molecule has 106 valence electrons. The zero-order valence-electron chi connectivity index (χ0n) is 10.1. The molecule has 0 amide bonds. The molecule has 0 bridgehead atoms. The molecule has 4 N–H and O–H groups in total. The predicted octanol–water partition coefficient (Wildman–Crippen LogP) is 0.379. The van der Waals surface area contributed by atoms with Crippen molar-refractivity contribution < 1.29 is 13.3 Å². The van der Waals surface area contributed by atoms with Gasteiger partial charge < -0.3 is 10.7 Å². The van der Waals surface area contributed by atoms with Crippen molar-refractivity contribution in [3.8, 4) is 0 Å². The van der Waals surface area contributed by atoms with Crippen LogP contribution in [0.25, 0.3) is 0 Å². The number of benzene rings is 1. The maximum atomic E-state index is 12.0. The van der Waals surface area contributed by atoms with Crippen LogP contribution in [0.15, 0.2) is 35.5 Å². The van der Waals surface area contributed by atoms with Crippen molar-refractivity contribution >= 4 is 21.4 Å². The number of aromatic nitrogens is 2. The molecule has 9 nitrogen and oxygen atoms in total. The lowest BCUT2D eigenvalue weighted by Crippen LogP contribution is -2.24. The first-order chi connectivity index (χ1) is 9.40. The number of nitrogens with two attached hydrogens (primary N) is 1. The third kappa shape index (κ3) is 2.92. The fraction of sp³-hybridized carbons (Fsp3) is 0.100. The van der Waals surface area contributed by atoms with Crippen molar-refractivity contribution in [2.24, 2.45) is 0 Å². The van der Waals surface area contributed by atoms with Gasteiger partial charge in [0.05, 0.1) is 17.2 Å². The van der Waals surface area contributed by atoms with Crippen LogP contribution in [0.1, 0.15) is 5.82 Å². The average molecular weight is 297 g/mol. The van der Waals surface area contributed by atoms with Gasteiger partial charge in [0, 0.05) is 24.5 Å². The van der Waals surface area contributed by atoms with Crippen LogP contribution in [-0.4, -0.2) is 23.3 Å². The van der Waals surface area contributed by atoms with Gasteiger partial charge >= 0.3 is 0 Å². The molecule has 0 aliphatic heterocycles. The maximum Gasteiger partial charge on any atom is 0.271 e. The Bertz CT molecular complexity index is 726. The third-order valence-electron chi connectivity index (χ3n) is 2.48.